The fourth-order valence-electron chi connectivity index (χ4n) is 3.43. The van der Waals surface area contributed by atoms with E-state index in [1.807, 2.05) is 49.6 Å². The van der Waals surface area contributed by atoms with E-state index in [1.54, 1.807) is 6.20 Å². The topological polar surface area (TPSA) is 48.8 Å². The molecule has 0 amide bonds. The van der Waals surface area contributed by atoms with Gasteiger partial charge in [-0.3, -0.25) is 14.8 Å². The van der Waals surface area contributed by atoms with Crippen LogP contribution in [0.25, 0.3) is 0 Å². The minimum Gasteiger partial charge on any atom is -0.491 e. The van der Waals surface area contributed by atoms with Gasteiger partial charge in [0.2, 0.25) is 0 Å². The van der Waals surface area contributed by atoms with Gasteiger partial charge in [-0.25, -0.2) is 0 Å². The molecule has 1 aromatic heterocycles. The van der Waals surface area contributed by atoms with Gasteiger partial charge in [0, 0.05) is 38.6 Å². The lowest BCUT2D eigenvalue weighted by atomic mass is 10.2. The van der Waals surface area contributed by atoms with Crippen LogP contribution in [0.3, 0.4) is 0 Å². The Kier molecular flexibility index (Phi) is 8.39. The number of hydrogen-bond donors (Lipinski definition) is 1. The summed E-state index contributed by atoms with van der Waals surface area (Å²) < 4.78 is 5.78. The van der Waals surface area contributed by atoms with Crippen LogP contribution in [0, 0.1) is 0 Å². The zero-order valence-electron chi connectivity index (χ0n) is 17.8. The van der Waals surface area contributed by atoms with Crippen molar-refractivity contribution in [3.05, 3.63) is 95.8 Å². The van der Waals surface area contributed by atoms with Gasteiger partial charge in [0.05, 0.1) is 0 Å². The van der Waals surface area contributed by atoms with Gasteiger partial charge in [0.1, 0.15) is 18.5 Å². The third-order valence-electron chi connectivity index (χ3n) is 4.81. The second kappa shape index (κ2) is 11.5. The summed E-state index contributed by atoms with van der Waals surface area (Å²) in [5.74, 6) is 0.776. The summed E-state index contributed by atoms with van der Waals surface area (Å²) in [6, 6.07) is 22.4. The maximum atomic E-state index is 10.3. The van der Waals surface area contributed by atoms with E-state index in [-0.39, 0.29) is 6.61 Å². The Morgan fingerprint density at radius 3 is 2.13 bits per heavy atom. The van der Waals surface area contributed by atoms with Crippen molar-refractivity contribution in [1.82, 2.24) is 14.8 Å². The molecule has 0 aliphatic heterocycles. The molecule has 0 fully saturated rings. The van der Waals surface area contributed by atoms with Gasteiger partial charge >= 0.3 is 0 Å². The third kappa shape index (κ3) is 7.59. The van der Waals surface area contributed by atoms with E-state index in [2.05, 4.69) is 52.2 Å². The van der Waals surface area contributed by atoms with Crippen molar-refractivity contribution in [2.45, 2.75) is 25.7 Å². The smallest absolute Gasteiger partial charge is 0.119 e. The Morgan fingerprint density at radius 2 is 1.43 bits per heavy atom. The number of likely N-dealkylation sites (N-methyl/N-ethyl adjacent to an activating group) is 1. The highest BCUT2D eigenvalue weighted by Crippen LogP contribution is 2.15. The van der Waals surface area contributed by atoms with Crippen molar-refractivity contribution < 1.29 is 9.84 Å². The SMILES string of the molecule is CN(Cc1ccc(OCC(O)CN(C)Cc2ccccc2)cc1)Cc1cccnc1. The number of benzene rings is 2. The van der Waals surface area contributed by atoms with Crippen LogP contribution in [0.1, 0.15) is 16.7 Å². The van der Waals surface area contributed by atoms with Crippen LogP contribution in [0.5, 0.6) is 5.75 Å². The van der Waals surface area contributed by atoms with E-state index >= 15 is 0 Å². The molecule has 0 saturated carbocycles. The zero-order valence-corrected chi connectivity index (χ0v) is 17.8. The van der Waals surface area contributed by atoms with Gasteiger partial charge in [-0.1, -0.05) is 48.5 Å². The molecule has 0 aliphatic carbocycles. The van der Waals surface area contributed by atoms with Gasteiger partial charge < -0.3 is 9.84 Å². The fourth-order valence-corrected chi connectivity index (χ4v) is 3.43. The summed E-state index contributed by atoms with van der Waals surface area (Å²) >= 11 is 0. The number of nitrogens with zero attached hydrogens (tertiary/aromatic N) is 3. The molecule has 1 N–H and O–H groups in total. The van der Waals surface area contributed by atoms with E-state index in [9.17, 15) is 5.11 Å². The van der Waals surface area contributed by atoms with E-state index in [0.29, 0.717) is 6.54 Å². The first-order valence-corrected chi connectivity index (χ1v) is 10.3. The van der Waals surface area contributed by atoms with Crippen molar-refractivity contribution in [3.8, 4) is 5.75 Å². The number of ether oxygens (including phenoxy) is 1. The normalized spacial score (nSPS) is 12.3. The Bertz CT molecular complexity index is 857. The van der Waals surface area contributed by atoms with Crippen LogP contribution >= 0.6 is 0 Å². The van der Waals surface area contributed by atoms with E-state index in [4.69, 9.17) is 4.74 Å². The molecule has 3 rings (SSSR count). The lowest BCUT2D eigenvalue weighted by molar-refractivity contribution is 0.0744. The van der Waals surface area contributed by atoms with Gasteiger partial charge in [-0.15, -0.1) is 0 Å². The summed E-state index contributed by atoms with van der Waals surface area (Å²) in [5, 5.41) is 10.3. The van der Waals surface area contributed by atoms with Crippen molar-refractivity contribution >= 4 is 0 Å². The largest absolute Gasteiger partial charge is 0.491 e. The van der Waals surface area contributed by atoms with Crippen LogP contribution < -0.4 is 4.74 Å². The van der Waals surface area contributed by atoms with Crippen molar-refractivity contribution in [3.63, 3.8) is 0 Å². The number of hydrogen-bond acceptors (Lipinski definition) is 5. The Balaban J connectivity index is 1.39. The molecule has 1 heterocycles. The van der Waals surface area contributed by atoms with E-state index in [1.165, 1.54) is 16.7 Å². The molecule has 5 heteroatoms. The highest BCUT2D eigenvalue weighted by atomic mass is 16.5. The summed E-state index contributed by atoms with van der Waals surface area (Å²) in [4.78, 5) is 8.51. The first-order valence-electron chi connectivity index (χ1n) is 10.3. The molecular weight excluding hydrogens is 374 g/mol. The summed E-state index contributed by atoms with van der Waals surface area (Å²) in [6.45, 7) is 3.35. The molecule has 158 valence electrons. The summed E-state index contributed by atoms with van der Waals surface area (Å²) in [7, 11) is 4.10. The molecule has 3 aromatic rings. The molecule has 30 heavy (non-hydrogen) atoms. The Labute approximate surface area is 179 Å². The van der Waals surface area contributed by atoms with Crippen LogP contribution in [0.2, 0.25) is 0 Å². The lowest BCUT2D eigenvalue weighted by Gasteiger charge is -2.21. The van der Waals surface area contributed by atoms with Gasteiger partial charge in [-0.2, -0.15) is 0 Å². The number of pyridine rings is 1. The molecule has 0 radical (unpaired) electrons. The molecule has 1 unspecified atom stereocenters. The lowest BCUT2D eigenvalue weighted by Crippen LogP contribution is -2.32. The molecular formula is C25H31N3O2. The number of aromatic nitrogens is 1. The maximum Gasteiger partial charge on any atom is 0.119 e. The minimum atomic E-state index is -0.538. The van der Waals surface area contributed by atoms with Crippen molar-refractivity contribution in [1.29, 1.82) is 0 Å². The number of aliphatic hydroxyl groups excluding tert-OH is 1. The Hall–Kier alpha value is -2.73. The second-order valence-corrected chi connectivity index (χ2v) is 7.82. The average Bonchev–Trinajstić information content (AvgIpc) is 2.74. The first-order chi connectivity index (χ1) is 14.6. The third-order valence-corrected chi connectivity index (χ3v) is 4.81. The summed E-state index contributed by atoms with van der Waals surface area (Å²) in [5.41, 5.74) is 3.65. The van der Waals surface area contributed by atoms with Crippen LogP contribution in [-0.2, 0) is 19.6 Å². The molecule has 0 bridgehead atoms. The molecule has 2 aromatic carbocycles. The van der Waals surface area contributed by atoms with Crippen LogP contribution in [0.4, 0.5) is 0 Å². The minimum absolute atomic E-state index is 0.277. The molecule has 0 aliphatic rings. The van der Waals surface area contributed by atoms with E-state index < -0.39 is 6.10 Å². The predicted molar refractivity (Wildman–Crippen MR) is 120 cm³/mol. The monoisotopic (exact) mass is 405 g/mol. The quantitative estimate of drug-likeness (QED) is 0.528. The summed E-state index contributed by atoms with van der Waals surface area (Å²) in [6.07, 6.45) is 3.15. The predicted octanol–water partition coefficient (Wildman–Crippen LogP) is 3.59. The van der Waals surface area contributed by atoms with Crippen LogP contribution in [-0.4, -0.2) is 53.2 Å². The average molecular weight is 406 g/mol. The standard InChI is InChI=1S/C25H31N3O2/c1-27(18-23-9-6-14-26-15-23)17-22-10-12-25(13-11-22)30-20-24(29)19-28(2)16-21-7-4-3-5-8-21/h3-15,24,29H,16-20H2,1-2H3. The van der Waals surface area contributed by atoms with Crippen molar-refractivity contribution in [2.75, 3.05) is 27.2 Å². The number of aliphatic hydroxyl groups is 1. The van der Waals surface area contributed by atoms with E-state index in [0.717, 1.165) is 25.4 Å². The van der Waals surface area contributed by atoms with Gasteiger partial charge in [-0.05, 0) is 49.0 Å². The first kappa shape index (κ1) is 22.0. The molecule has 0 spiro atoms. The van der Waals surface area contributed by atoms with Gasteiger partial charge in [0.15, 0.2) is 0 Å². The zero-order chi connectivity index (χ0) is 21.2. The van der Waals surface area contributed by atoms with Gasteiger partial charge in [0.25, 0.3) is 0 Å². The highest BCUT2D eigenvalue weighted by Gasteiger charge is 2.10. The van der Waals surface area contributed by atoms with Crippen LogP contribution in [0.15, 0.2) is 79.1 Å². The fraction of sp³-hybridized carbons (Fsp3) is 0.320. The maximum absolute atomic E-state index is 10.3. The van der Waals surface area contributed by atoms with Crippen molar-refractivity contribution in [2.24, 2.45) is 0 Å². The molecule has 5 nitrogen and oxygen atoms in total. The molecule has 1 atom stereocenters. The highest BCUT2D eigenvalue weighted by molar-refractivity contribution is 5.27. The molecule has 0 saturated heterocycles. The Morgan fingerprint density at radius 1 is 0.800 bits per heavy atom. The second-order valence-electron chi connectivity index (χ2n) is 7.82. The number of rotatable bonds is 11.